The zero-order chi connectivity index (χ0) is 13.4. The Morgan fingerprint density at radius 1 is 1.56 bits per heavy atom. The van der Waals surface area contributed by atoms with Crippen LogP contribution < -0.4 is 10.6 Å². The third kappa shape index (κ3) is 5.49. The van der Waals surface area contributed by atoms with Gasteiger partial charge in [0.05, 0.1) is 4.92 Å². The van der Waals surface area contributed by atoms with Crippen LogP contribution in [-0.2, 0) is 6.54 Å². The van der Waals surface area contributed by atoms with Gasteiger partial charge in [0.15, 0.2) is 5.82 Å². The smallest absolute Gasteiger partial charge is 0.274 e. The maximum absolute atomic E-state index is 10.4. The highest BCUT2D eigenvalue weighted by Gasteiger charge is 2.02. The molecule has 0 aliphatic heterocycles. The summed E-state index contributed by atoms with van der Waals surface area (Å²) in [5.41, 5.74) is 0.895. The first-order chi connectivity index (χ1) is 8.61. The summed E-state index contributed by atoms with van der Waals surface area (Å²) in [4.78, 5) is 13.9. The predicted octanol–water partition coefficient (Wildman–Crippen LogP) is 1.90. The largest absolute Gasteiger partial charge is 0.367 e. The topological polar surface area (TPSA) is 80.1 Å². The Hall–Kier alpha value is -1.82. The lowest BCUT2D eigenvalue weighted by Crippen LogP contribution is -2.27. The van der Waals surface area contributed by atoms with E-state index in [0.29, 0.717) is 24.1 Å². The van der Waals surface area contributed by atoms with Crippen molar-refractivity contribution in [1.82, 2.24) is 15.6 Å². The minimum absolute atomic E-state index is 0.386. The van der Waals surface area contributed by atoms with Crippen molar-refractivity contribution >= 4 is 11.6 Å². The molecule has 0 atom stereocenters. The number of aromatic nitrogens is 1. The van der Waals surface area contributed by atoms with Crippen LogP contribution in [0.25, 0.3) is 0 Å². The zero-order valence-corrected chi connectivity index (χ0v) is 10.8. The highest BCUT2D eigenvalue weighted by Crippen LogP contribution is 2.05. The van der Waals surface area contributed by atoms with Crippen molar-refractivity contribution in [3.63, 3.8) is 0 Å². The standard InChI is InChI=1S/C11H15ClN4O2/c1-2-5-13-11(8-16(17)18)15-7-9-3-4-10(12)14-6-9/h3-4,6,8,13,15H,2,5,7H2,1H3/b11-8+. The minimum Gasteiger partial charge on any atom is -0.367 e. The molecule has 0 saturated heterocycles. The highest BCUT2D eigenvalue weighted by atomic mass is 35.5. The molecular formula is C11H15ClN4O2. The molecular weight excluding hydrogens is 256 g/mol. The number of rotatable bonds is 7. The number of pyridine rings is 1. The van der Waals surface area contributed by atoms with Crippen molar-refractivity contribution in [2.45, 2.75) is 19.9 Å². The summed E-state index contributed by atoms with van der Waals surface area (Å²) >= 11 is 5.67. The highest BCUT2D eigenvalue weighted by molar-refractivity contribution is 6.29. The van der Waals surface area contributed by atoms with Gasteiger partial charge in [0.25, 0.3) is 6.20 Å². The minimum atomic E-state index is -0.495. The lowest BCUT2D eigenvalue weighted by Gasteiger charge is -2.10. The fraction of sp³-hybridized carbons (Fsp3) is 0.364. The van der Waals surface area contributed by atoms with Gasteiger partial charge in [0, 0.05) is 19.3 Å². The molecule has 0 amide bonds. The number of halogens is 1. The van der Waals surface area contributed by atoms with Crippen molar-refractivity contribution in [3.8, 4) is 0 Å². The molecule has 0 spiro atoms. The van der Waals surface area contributed by atoms with Gasteiger partial charge in [0.1, 0.15) is 5.15 Å². The van der Waals surface area contributed by atoms with E-state index in [1.165, 1.54) is 0 Å². The quantitative estimate of drug-likeness (QED) is 0.449. The Kier molecular flexibility index (Phi) is 5.93. The third-order valence-corrected chi connectivity index (χ3v) is 2.30. The molecule has 1 heterocycles. The van der Waals surface area contributed by atoms with Crippen molar-refractivity contribution in [1.29, 1.82) is 0 Å². The number of hydrogen-bond acceptors (Lipinski definition) is 5. The Labute approximate surface area is 110 Å². The predicted molar refractivity (Wildman–Crippen MR) is 69.5 cm³/mol. The first kappa shape index (κ1) is 14.2. The molecule has 0 aliphatic carbocycles. The van der Waals surface area contributed by atoms with Crippen LogP contribution in [0.1, 0.15) is 18.9 Å². The first-order valence-electron chi connectivity index (χ1n) is 5.55. The van der Waals surface area contributed by atoms with E-state index in [0.717, 1.165) is 18.2 Å². The Morgan fingerprint density at radius 2 is 2.33 bits per heavy atom. The van der Waals surface area contributed by atoms with E-state index in [2.05, 4.69) is 15.6 Å². The van der Waals surface area contributed by atoms with E-state index >= 15 is 0 Å². The average molecular weight is 271 g/mol. The van der Waals surface area contributed by atoms with Crippen molar-refractivity contribution in [3.05, 3.63) is 51.2 Å². The summed E-state index contributed by atoms with van der Waals surface area (Å²) in [6, 6.07) is 3.49. The molecule has 6 nitrogen and oxygen atoms in total. The molecule has 0 saturated carbocycles. The van der Waals surface area contributed by atoms with Gasteiger partial charge in [-0.2, -0.15) is 0 Å². The van der Waals surface area contributed by atoms with E-state index in [9.17, 15) is 10.1 Å². The third-order valence-electron chi connectivity index (χ3n) is 2.07. The van der Waals surface area contributed by atoms with E-state index in [1.807, 2.05) is 13.0 Å². The summed E-state index contributed by atoms with van der Waals surface area (Å²) in [7, 11) is 0. The number of nitrogens with one attached hydrogen (secondary N) is 2. The summed E-state index contributed by atoms with van der Waals surface area (Å²) in [5.74, 6) is 0.386. The second kappa shape index (κ2) is 7.50. The average Bonchev–Trinajstić information content (AvgIpc) is 2.34. The van der Waals surface area contributed by atoms with Crippen molar-refractivity contribution < 1.29 is 4.92 Å². The van der Waals surface area contributed by atoms with E-state index in [-0.39, 0.29) is 0 Å². The summed E-state index contributed by atoms with van der Waals surface area (Å²) in [5, 5.41) is 16.8. The first-order valence-corrected chi connectivity index (χ1v) is 5.93. The lowest BCUT2D eigenvalue weighted by atomic mass is 10.3. The fourth-order valence-corrected chi connectivity index (χ4v) is 1.34. The fourth-order valence-electron chi connectivity index (χ4n) is 1.23. The van der Waals surface area contributed by atoms with Crippen LogP contribution in [0.2, 0.25) is 5.15 Å². The summed E-state index contributed by atoms with van der Waals surface area (Å²) in [6.07, 6.45) is 3.43. The maximum atomic E-state index is 10.4. The van der Waals surface area contributed by atoms with Crippen molar-refractivity contribution in [2.75, 3.05) is 6.54 Å². The van der Waals surface area contributed by atoms with Crippen LogP contribution in [0.5, 0.6) is 0 Å². The van der Waals surface area contributed by atoms with Crippen LogP contribution >= 0.6 is 11.6 Å². The summed E-state index contributed by atoms with van der Waals surface area (Å²) < 4.78 is 0. The van der Waals surface area contributed by atoms with E-state index in [1.54, 1.807) is 12.3 Å². The number of hydrogen-bond donors (Lipinski definition) is 2. The van der Waals surface area contributed by atoms with Crippen LogP contribution in [0.4, 0.5) is 0 Å². The number of nitrogens with zero attached hydrogens (tertiary/aromatic N) is 2. The molecule has 7 heteroatoms. The molecule has 18 heavy (non-hydrogen) atoms. The molecule has 1 aromatic rings. The van der Waals surface area contributed by atoms with Gasteiger partial charge in [0.2, 0.25) is 0 Å². The molecule has 2 N–H and O–H groups in total. The molecule has 0 fully saturated rings. The Balaban J connectivity index is 2.56. The zero-order valence-electron chi connectivity index (χ0n) is 10.0. The van der Waals surface area contributed by atoms with Gasteiger partial charge in [-0.3, -0.25) is 10.1 Å². The lowest BCUT2D eigenvalue weighted by molar-refractivity contribution is -0.404. The van der Waals surface area contributed by atoms with Gasteiger partial charge in [-0.1, -0.05) is 24.6 Å². The molecule has 0 bridgehead atoms. The van der Waals surface area contributed by atoms with Crippen molar-refractivity contribution in [2.24, 2.45) is 0 Å². The second-order valence-electron chi connectivity index (χ2n) is 3.60. The van der Waals surface area contributed by atoms with Gasteiger partial charge in [-0.25, -0.2) is 4.98 Å². The molecule has 0 unspecified atom stereocenters. The van der Waals surface area contributed by atoms with Crippen LogP contribution in [0.15, 0.2) is 30.4 Å². The van der Waals surface area contributed by atoms with Crippen LogP contribution in [-0.4, -0.2) is 16.5 Å². The van der Waals surface area contributed by atoms with Gasteiger partial charge in [-0.05, 0) is 18.1 Å². The molecule has 1 aromatic heterocycles. The number of nitro groups is 1. The van der Waals surface area contributed by atoms with E-state index < -0.39 is 4.92 Å². The molecule has 1 rings (SSSR count). The molecule has 0 radical (unpaired) electrons. The Morgan fingerprint density at radius 3 is 2.89 bits per heavy atom. The normalized spacial score (nSPS) is 11.1. The molecule has 0 aliphatic rings. The second-order valence-corrected chi connectivity index (χ2v) is 3.98. The van der Waals surface area contributed by atoms with Gasteiger partial charge >= 0.3 is 0 Å². The van der Waals surface area contributed by atoms with E-state index in [4.69, 9.17) is 11.6 Å². The molecule has 98 valence electrons. The van der Waals surface area contributed by atoms with Gasteiger partial charge in [-0.15, -0.1) is 0 Å². The summed E-state index contributed by atoms with van der Waals surface area (Å²) in [6.45, 7) is 3.10. The van der Waals surface area contributed by atoms with Crippen LogP contribution in [0, 0.1) is 10.1 Å². The molecule has 0 aromatic carbocycles. The van der Waals surface area contributed by atoms with Crippen LogP contribution in [0.3, 0.4) is 0 Å². The SMILES string of the molecule is CCCN/C(=C\[N+](=O)[O-])NCc1ccc(Cl)nc1. The Bertz CT molecular complexity index is 420. The van der Waals surface area contributed by atoms with Gasteiger partial charge < -0.3 is 10.6 Å². The maximum Gasteiger partial charge on any atom is 0.274 e. The monoisotopic (exact) mass is 270 g/mol.